The Kier molecular flexibility index (Phi) is 7.53. The van der Waals surface area contributed by atoms with E-state index >= 15 is 0 Å². The molecule has 2 aromatic carbocycles. The van der Waals surface area contributed by atoms with Crippen LogP contribution in [0.2, 0.25) is 5.02 Å². The van der Waals surface area contributed by atoms with Gasteiger partial charge in [-0.2, -0.15) is 0 Å². The van der Waals surface area contributed by atoms with Crippen LogP contribution in [0.4, 0.5) is 5.69 Å². The normalized spacial score (nSPS) is 16.3. The van der Waals surface area contributed by atoms with Gasteiger partial charge in [-0.15, -0.1) is 0 Å². The molecule has 0 spiro atoms. The molecule has 154 valence electrons. The lowest BCUT2D eigenvalue weighted by Gasteiger charge is -2.32. The second kappa shape index (κ2) is 10.3. The summed E-state index contributed by atoms with van der Waals surface area (Å²) < 4.78 is 5.72. The summed E-state index contributed by atoms with van der Waals surface area (Å²) in [6.07, 6.45) is 2.80. The van der Waals surface area contributed by atoms with Crippen LogP contribution >= 0.6 is 11.6 Å². The number of hydrogen-bond donors (Lipinski definition) is 1. The number of benzene rings is 2. The van der Waals surface area contributed by atoms with Gasteiger partial charge in [0.05, 0.1) is 24.6 Å². The van der Waals surface area contributed by atoms with Crippen molar-refractivity contribution in [3.63, 3.8) is 0 Å². The Balaban J connectivity index is 1.62. The van der Waals surface area contributed by atoms with E-state index in [2.05, 4.69) is 5.32 Å². The zero-order chi connectivity index (χ0) is 20.6. The second-order valence-electron chi connectivity index (χ2n) is 7.32. The fourth-order valence-electron chi connectivity index (χ4n) is 3.47. The first-order chi connectivity index (χ1) is 14.1. The minimum absolute atomic E-state index is 0.0587. The highest BCUT2D eigenvalue weighted by atomic mass is 35.5. The molecule has 1 fully saturated rings. The molecule has 1 unspecified atom stereocenters. The van der Waals surface area contributed by atoms with Gasteiger partial charge in [0.15, 0.2) is 0 Å². The summed E-state index contributed by atoms with van der Waals surface area (Å²) in [4.78, 5) is 27.4. The number of nitrogens with one attached hydrogen (secondary N) is 1. The molecule has 1 atom stereocenters. The van der Waals surface area contributed by atoms with Crippen LogP contribution in [0.25, 0.3) is 0 Å². The van der Waals surface area contributed by atoms with E-state index in [0.29, 0.717) is 42.6 Å². The third-order valence-electron chi connectivity index (χ3n) is 5.00. The average Bonchev–Trinajstić information content (AvgIpc) is 2.74. The van der Waals surface area contributed by atoms with Gasteiger partial charge in [-0.1, -0.05) is 48.9 Å². The summed E-state index contributed by atoms with van der Waals surface area (Å²) in [7, 11) is 0. The van der Waals surface area contributed by atoms with Gasteiger partial charge in [0, 0.05) is 18.1 Å². The zero-order valence-corrected chi connectivity index (χ0v) is 17.5. The number of rotatable bonds is 7. The van der Waals surface area contributed by atoms with E-state index in [0.717, 1.165) is 24.8 Å². The van der Waals surface area contributed by atoms with Crippen molar-refractivity contribution in [1.82, 2.24) is 4.90 Å². The Morgan fingerprint density at radius 2 is 2.00 bits per heavy atom. The summed E-state index contributed by atoms with van der Waals surface area (Å²) in [6.45, 7) is 3.72. The fraction of sp³-hybridized carbons (Fsp3) is 0.391. The average molecular weight is 415 g/mol. The van der Waals surface area contributed by atoms with Crippen molar-refractivity contribution in [2.75, 3.05) is 25.0 Å². The first kappa shape index (κ1) is 21.2. The first-order valence-electron chi connectivity index (χ1n) is 10.1. The summed E-state index contributed by atoms with van der Waals surface area (Å²) >= 11 is 6.10. The second-order valence-corrected chi connectivity index (χ2v) is 7.76. The van der Waals surface area contributed by atoms with Gasteiger partial charge in [-0.3, -0.25) is 9.59 Å². The molecular weight excluding hydrogens is 388 g/mol. The molecule has 6 heteroatoms. The third kappa shape index (κ3) is 5.97. The van der Waals surface area contributed by atoms with Crippen LogP contribution < -0.4 is 10.1 Å². The predicted octanol–water partition coefficient (Wildman–Crippen LogP) is 4.55. The highest BCUT2D eigenvalue weighted by molar-refractivity contribution is 6.31. The minimum Gasteiger partial charge on any atom is -0.491 e. The number of carbonyl (C=O) groups excluding carboxylic acids is 2. The molecule has 0 aromatic heterocycles. The Morgan fingerprint density at radius 3 is 2.76 bits per heavy atom. The lowest BCUT2D eigenvalue weighted by atomic mass is 9.96. The topological polar surface area (TPSA) is 58.6 Å². The summed E-state index contributed by atoms with van der Waals surface area (Å²) in [5.41, 5.74) is 1.56. The fourth-order valence-corrected chi connectivity index (χ4v) is 3.64. The molecule has 1 saturated heterocycles. The van der Waals surface area contributed by atoms with E-state index in [1.54, 1.807) is 23.1 Å². The van der Waals surface area contributed by atoms with E-state index in [1.807, 2.05) is 37.3 Å². The van der Waals surface area contributed by atoms with Crippen molar-refractivity contribution in [3.05, 3.63) is 59.1 Å². The van der Waals surface area contributed by atoms with Gasteiger partial charge >= 0.3 is 0 Å². The van der Waals surface area contributed by atoms with Crippen LogP contribution in [0, 0.1) is 5.92 Å². The zero-order valence-electron chi connectivity index (χ0n) is 16.7. The number of ether oxygens (including phenoxy) is 1. The van der Waals surface area contributed by atoms with Crippen molar-refractivity contribution in [1.29, 1.82) is 0 Å². The van der Waals surface area contributed by atoms with Crippen molar-refractivity contribution in [2.24, 2.45) is 5.92 Å². The standard InChI is InChI=1S/C23H27ClN2O3/c1-2-13-29-21-11-10-19(24)15-20(21)25-23(28)18-9-6-12-26(16-18)22(27)14-17-7-4-3-5-8-17/h3-5,7-8,10-11,15,18H,2,6,9,12-14,16H2,1H3,(H,25,28). The molecule has 0 radical (unpaired) electrons. The quantitative estimate of drug-likeness (QED) is 0.723. The van der Waals surface area contributed by atoms with E-state index < -0.39 is 0 Å². The Bertz CT molecular complexity index is 841. The largest absolute Gasteiger partial charge is 0.491 e. The van der Waals surface area contributed by atoms with E-state index in [-0.39, 0.29) is 17.7 Å². The molecule has 3 rings (SSSR count). The lowest BCUT2D eigenvalue weighted by molar-refractivity contribution is -0.133. The van der Waals surface area contributed by atoms with Crippen molar-refractivity contribution < 1.29 is 14.3 Å². The molecule has 0 bridgehead atoms. The van der Waals surface area contributed by atoms with Gasteiger partial charge in [0.2, 0.25) is 11.8 Å². The number of amides is 2. The number of piperidine rings is 1. The van der Waals surface area contributed by atoms with E-state index in [1.165, 1.54) is 0 Å². The van der Waals surface area contributed by atoms with Crippen LogP contribution in [-0.2, 0) is 16.0 Å². The Morgan fingerprint density at radius 1 is 1.21 bits per heavy atom. The van der Waals surface area contributed by atoms with Gasteiger partial charge in [0.25, 0.3) is 0 Å². The number of carbonyl (C=O) groups is 2. The van der Waals surface area contributed by atoms with Gasteiger partial charge in [-0.05, 0) is 43.0 Å². The Labute approximate surface area is 177 Å². The lowest BCUT2D eigenvalue weighted by Crippen LogP contribution is -2.44. The summed E-state index contributed by atoms with van der Waals surface area (Å²) in [6, 6.07) is 14.9. The van der Waals surface area contributed by atoms with Crippen molar-refractivity contribution >= 4 is 29.1 Å². The molecule has 0 aliphatic carbocycles. The highest BCUT2D eigenvalue weighted by Gasteiger charge is 2.29. The monoisotopic (exact) mass is 414 g/mol. The number of anilines is 1. The van der Waals surface area contributed by atoms with Crippen molar-refractivity contribution in [3.8, 4) is 5.75 Å². The summed E-state index contributed by atoms with van der Waals surface area (Å²) in [5.74, 6) is 0.313. The molecule has 1 aliphatic heterocycles. The molecular formula is C23H27ClN2O3. The van der Waals surface area contributed by atoms with Crippen LogP contribution in [0.15, 0.2) is 48.5 Å². The number of hydrogen-bond acceptors (Lipinski definition) is 3. The van der Waals surface area contributed by atoms with Gasteiger partial charge in [-0.25, -0.2) is 0 Å². The SMILES string of the molecule is CCCOc1ccc(Cl)cc1NC(=O)C1CCCN(C(=O)Cc2ccccc2)C1. The first-order valence-corrected chi connectivity index (χ1v) is 10.5. The Hall–Kier alpha value is -2.53. The van der Waals surface area contributed by atoms with Crippen LogP contribution in [0.5, 0.6) is 5.75 Å². The summed E-state index contributed by atoms with van der Waals surface area (Å²) in [5, 5.41) is 3.49. The van der Waals surface area contributed by atoms with Crippen LogP contribution in [0.3, 0.4) is 0 Å². The molecule has 0 saturated carbocycles. The van der Waals surface area contributed by atoms with Crippen LogP contribution in [0.1, 0.15) is 31.7 Å². The maximum atomic E-state index is 12.9. The molecule has 1 heterocycles. The van der Waals surface area contributed by atoms with Gasteiger partial charge < -0.3 is 15.0 Å². The van der Waals surface area contributed by atoms with E-state index in [4.69, 9.17) is 16.3 Å². The third-order valence-corrected chi connectivity index (χ3v) is 5.24. The van der Waals surface area contributed by atoms with Gasteiger partial charge in [0.1, 0.15) is 5.75 Å². The molecule has 2 aromatic rings. The predicted molar refractivity (Wildman–Crippen MR) is 115 cm³/mol. The molecule has 1 N–H and O–H groups in total. The van der Waals surface area contributed by atoms with Crippen molar-refractivity contribution in [2.45, 2.75) is 32.6 Å². The molecule has 29 heavy (non-hydrogen) atoms. The smallest absolute Gasteiger partial charge is 0.229 e. The molecule has 2 amide bonds. The minimum atomic E-state index is -0.249. The number of halogens is 1. The number of likely N-dealkylation sites (tertiary alicyclic amines) is 1. The van der Waals surface area contributed by atoms with Crippen LogP contribution in [-0.4, -0.2) is 36.4 Å². The molecule has 1 aliphatic rings. The maximum Gasteiger partial charge on any atom is 0.229 e. The number of nitrogens with zero attached hydrogens (tertiary/aromatic N) is 1. The highest BCUT2D eigenvalue weighted by Crippen LogP contribution is 2.29. The maximum absolute atomic E-state index is 12.9. The molecule has 5 nitrogen and oxygen atoms in total. The van der Waals surface area contributed by atoms with E-state index in [9.17, 15) is 9.59 Å².